The zero-order chi connectivity index (χ0) is 18.1. The molecule has 0 radical (unpaired) electrons. The Morgan fingerprint density at radius 3 is 2.77 bits per heavy atom. The fourth-order valence-electron chi connectivity index (χ4n) is 2.90. The second-order valence-corrected chi connectivity index (χ2v) is 6.63. The molecule has 1 aliphatic heterocycles. The summed E-state index contributed by atoms with van der Waals surface area (Å²) in [7, 11) is 0. The summed E-state index contributed by atoms with van der Waals surface area (Å²) in [6, 6.07) is 16.4. The highest BCUT2D eigenvalue weighted by molar-refractivity contribution is 7.13. The third-order valence-corrected chi connectivity index (χ3v) is 5.09. The van der Waals surface area contributed by atoms with Gasteiger partial charge in [0.25, 0.3) is 5.69 Å². The number of nitro benzene ring substituents is 1. The molecule has 0 aliphatic carbocycles. The van der Waals surface area contributed by atoms with E-state index in [9.17, 15) is 15.4 Å². The Labute approximate surface area is 153 Å². The molecule has 0 spiro atoms. The summed E-state index contributed by atoms with van der Waals surface area (Å²) in [5.41, 5.74) is 3.65. The lowest BCUT2D eigenvalue weighted by molar-refractivity contribution is -0.384. The molecule has 0 bridgehead atoms. The molecule has 2 heterocycles. The molecule has 1 N–H and O–H groups in total. The lowest BCUT2D eigenvalue weighted by atomic mass is 10.2. The topological polar surface area (TPSA) is 95.1 Å². The zero-order valence-electron chi connectivity index (χ0n) is 13.5. The summed E-state index contributed by atoms with van der Waals surface area (Å²) in [6.45, 7) is 0.506. The van der Waals surface area contributed by atoms with E-state index in [1.807, 2.05) is 34.5 Å². The Hall–Kier alpha value is -3.44. The number of nitrogens with one attached hydrogen (secondary N) is 1. The highest BCUT2D eigenvalue weighted by atomic mass is 32.1. The van der Waals surface area contributed by atoms with Crippen LogP contribution >= 0.6 is 11.3 Å². The summed E-state index contributed by atoms with van der Waals surface area (Å²) in [5.74, 6) is 0. The number of nitriles is 1. The van der Waals surface area contributed by atoms with Crippen molar-refractivity contribution in [1.29, 1.82) is 5.26 Å². The van der Waals surface area contributed by atoms with Crippen molar-refractivity contribution in [1.82, 2.24) is 4.98 Å². The first-order chi connectivity index (χ1) is 12.7. The number of nitro groups is 1. The number of nitrogens with zero attached hydrogens (tertiary/aromatic N) is 4. The van der Waals surface area contributed by atoms with Crippen molar-refractivity contribution in [3.8, 4) is 16.6 Å². The normalized spacial score (nSPS) is 15.2. The molecule has 1 aliphatic rings. The van der Waals surface area contributed by atoms with Crippen LogP contribution in [0.2, 0.25) is 0 Å². The van der Waals surface area contributed by atoms with Gasteiger partial charge in [-0.3, -0.25) is 10.1 Å². The summed E-state index contributed by atoms with van der Waals surface area (Å²) < 4.78 is 0. The first kappa shape index (κ1) is 16.1. The first-order valence-electron chi connectivity index (χ1n) is 7.87. The summed E-state index contributed by atoms with van der Waals surface area (Å²) in [6.07, 6.45) is -0.433. The Morgan fingerprint density at radius 1 is 1.27 bits per heavy atom. The predicted octanol–water partition coefficient (Wildman–Crippen LogP) is 4.00. The van der Waals surface area contributed by atoms with Gasteiger partial charge in [-0.05, 0) is 24.3 Å². The van der Waals surface area contributed by atoms with Crippen LogP contribution in [0.5, 0.6) is 0 Å². The molecule has 0 amide bonds. The molecule has 3 aromatic rings. The molecule has 0 unspecified atom stereocenters. The third-order valence-electron chi connectivity index (χ3n) is 4.15. The van der Waals surface area contributed by atoms with E-state index in [0.29, 0.717) is 6.54 Å². The summed E-state index contributed by atoms with van der Waals surface area (Å²) >= 11 is 1.48. The zero-order valence-corrected chi connectivity index (χ0v) is 14.3. The van der Waals surface area contributed by atoms with Crippen molar-refractivity contribution in [2.75, 3.05) is 10.2 Å². The lowest BCUT2D eigenvalue weighted by Gasteiger charge is -2.20. The summed E-state index contributed by atoms with van der Waals surface area (Å²) in [5, 5.41) is 26.1. The van der Waals surface area contributed by atoms with Gasteiger partial charge in [-0.2, -0.15) is 5.26 Å². The van der Waals surface area contributed by atoms with Crippen molar-refractivity contribution in [2.24, 2.45) is 0 Å². The van der Waals surface area contributed by atoms with Crippen LogP contribution < -0.4 is 10.2 Å². The molecule has 1 atom stereocenters. The van der Waals surface area contributed by atoms with Crippen LogP contribution in [-0.2, 0) is 6.54 Å². The molecular weight excluding hydrogens is 350 g/mol. The monoisotopic (exact) mass is 363 g/mol. The maximum absolute atomic E-state index is 10.8. The van der Waals surface area contributed by atoms with Gasteiger partial charge in [0.15, 0.2) is 6.17 Å². The van der Waals surface area contributed by atoms with Gasteiger partial charge in [0, 0.05) is 23.1 Å². The van der Waals surface area contributed by atoms with Gasteiger partial charge in [-0.25, -0.2) is 4.98 Å². The number of para-hydroxylation sites is 2. The molecule has 8 heteroatoms. The van der Waals surface area contributed by atoms with Gasteiger partial charge >= 0.3 is 0 Å². The Morgan fingerprint density at radius 2 is 2.04 bits per heavy atom. The summed E-state index contributed by atoms with van der Waals surface area (Å²) in [4.78, 5) is 16.9. The second kappa shape index (κ2) is 6.46. The highest BCUT2D eigenvalue weighted by Gasteiger charge is 2.28. The van der Waals surface area contributed by atoms with E-state index in [-0.39, 0.29) is 5.69 Å². The van der Waals surface area contributed by atoms with E-state index in [0.717, 1.165) is 27.6 Å². The molecule has 26 heavy (non-hydrogen) atoms. The van der Waals surface area contributed by atoms with Crippen molar-refractivity contribution in [3.63, 3.8) is 0 Å². The Kier molecular flexibility index (Phi) is 3.99. The SMILES string of the molecule is N#C[C@H]1Nc2ccccc2N1Cc1csc(-c2ccc([N+](=O)[O-])cc2)n1. The van der Waals surface area contributed by atoms with Crippen LogP contribution in [-0.4, -0.2) is 16.1 Å². The van der Waals surface area contributed by atoms with Crippen molar-refractivity contribution >= 4 is 28.4 Å². The van der Waals surface area contributed by atoms with Crippen molar-refractivity contribution in [2.45, 2.75) is 12.7 Å². The minimum Gasteiger partial charge on any atom is -0.352 e. The molecule has 128 valence electrons. The highest BCUT2D eigenvalue weighted by Crippen LogP contribution is 2.35. The Bertz CT molecular complexity index is 1010. The lowest BCUT2D eigenvalue weighted by Crippen LogP contribution is -2.33. The van der Waals surface area contributed by atoms with Gasteiger partial charge in [-0.15, -0.1) is 11.3 Å². The Balaban J connectivity index is 1.57. The van der Waals surface area contributed by atoms with E-state index in [1.165, 1.54) is 23.5 Å². The van der Waals surface area contributed by atoms with Crippen LogP contribution in [0.25, 0.3) is 10.6 Å². The van der Waals surface area contributed by atoms with Crippen molar-refractivity contribution in [3.05, 3.63) is 69.7 Å². The van der Waals surface area contributed by atoms with Gasteiger partial charge < -0.3 is 10.2 Å². The molecule has 0 saturated carbocycles. The smallest absolute Gasteiger partial charge is 0.269 e. The van der Waals surface area contributed by atoms with Gasteiger partial charge in [0.1, 0.15) is 11.1 Å². The minimum atomic E-state index is -0.433. The average Bonchev–Trinajstić information content (AvgIpc) is 3.27. The first-order valence-corrected chi connectivity index (χ1v) is 8.75. The quantitative estimate of drug-likeness (QED) is 0.556. The number of hydrogen-bond donors (Lipinski definition) is 1. The number of hydrogen-bond acceptors (Lipinski definition) is 7. The van der Waals surface area contributed by atoms with E-state index in [4.69, 9.17) is 0 Å². The molecule has 2 aromatic carbocycles. The molecule has 7 nitrogen and oxygen atoms in total. The van der Waals surface area contributed by atoms with Crippen LogP contribution in [0.15, 0.2) is 53.9 Å². The largest absolute Gasteiger partial charge is 0.352 e. The maximum atomic E-state index is 10.8. The average molecular weight is 363 g/mol. The number of benzene rings is 2. The number of anilines is 2. The predicted molar refractivity (Wildman–Crippen MR) is 99.9 cm³/mol. The number of thiazole rings is 1. The second-order valence-electron chi connectivity index (χ2n) is 5.77. The fraction of sp³-hybridized carbons (Fsp3) is 0.111. The van der Waals surface area contributed by atoms with E-state index in [2.05, 4.69) is 16.4 Å². The number of fused-ring (bicyclic) bond motifs is 1. The van der Waals surface area contributed by atoms with E-state index >= 15 is 0 Å². The van der Waals surface area contributed by atoms with Crippen LogP contribution in [0.4, 0.5) is 17.1 Å². The minimum absolute atomic E-state index is 0.0575. The third kappa shape index (κ3) is 2.85. The number of aromatic nitrogens is 1. The maximum Gasteiger partial charge on any atom is 0.269 e. The van der Waals surface area contributed by atoms with Crippen LogP contribution in [0.3, 0.4) is 0 Å². The van der Waals surface area contributed by atoms with E-state index < -0.39 is 11.1 Å². The van der Waals surface area contributed by atoms with Crippen molar-refractivity contribution < 1.29 is 4.92 Å². The van der Waals surface area contributed by atoms with Crippen LogP contribution in [0.1, 0.15) is 5.69 Å². The molecule has 0 fully saturated rings. The number of rotatable bonds is 4. The fourth-order valence-corrected chi connectivity index (χ4v) is 3.72. The van der Waals surface area contributed by atoms with E-state index in [1.54, 1.807) is 12.1 Å². The van der Waals surface area contributed by atoms with Gasteiger partial charge in [0.05, 0.1) is 28.5 Å². The number of non-ortho nitro benzene ring substituents is 1. The van der Waals surface area contributed by atoms with Gasteiger partial charge in [-0.1, -0.05) is 12.1 Å². The molecule has 4 rings (SSSR count). The van der Waals surface area contributed by atoms with Gasteiger partial charge in [0.2, 0.25) is 0 Å². The molecule has 1 aromatic heterocycles. The molecular formula is C18H13N5O2S. The molecule has 0 saturated heterocycles. The standard InChI is InChI=1S/C18H13N5O2S/c19-9-17-21-15-3-1-2-4-16(15)22(17)10-13-11-26-18(20-13)12-5-7-14(8-6-12)23(24)25/h1-8,11,17,21H,10H2/t17-/m0/s1. The van der Waals surface area contributed by atoms with Crippen LogP contribution in [0, 0.1) is 21.4 Å².